The smallest absolute Gasteiger partial charge is 0.123 e. The molecule has 0 spiro atoms. The van der Waals surface area contributed by atoms with Gasteiger partial charge in [0.1, 0.15) is 5.82 Å². The largest absolute Gasteiger partial charge is 0.388 e. The lowest BCUT2D eigenvalue weighted by Crippen LogP contribution is -2.47. The molecule has 0 radical (unpaired) electrons. The van der Waals surface area contributed by atoms with Gasteiger partial charge in [0.05, 0.1) is 6.10 Å². The van der Waals surface area contributed by atoms with Gasteiger partial charge in [-0.2, -0.15) is 0 Å². The Labute approximate surface area is 114 Å². The number of rotatable bonds is 2. The lowest BCUT2D eigenvalue weighted by Gasteiger charge is -2.55. The fourth-order valence-corrected chi connectivity index (χ4v) is 5.30. The highest BCUT2D eigenvalue weighted by Crippen LogP contribution is 2.59. The minimum absolute atomic E-state index is 0.344. The maximum atomic E-state index is 10.8. The van der Waals surface area contributed by atoms with Crippen molar-refractivity contribution in [1.82, 2.24) is 4.98 Å². The van der Waals surface area contributed by atoms with E-state index in [1.54, 1.807) is 12.3 Å². The summed E-state index contributed by atoms with van der Waals surface area (Å²) in [5.74, 6) is 4.37. The van der Waals surface area contributed by atoms with E-state index in [0.717, 1.165) is 29.2 Å². The first kappa shape index (κ1) is 11.7. The van der Waals surface area contributed by atoms with Crippen molar-refractivity contribution in [2.75, 3.05) is 5.73 Å². The van der Waals surface area contributed by atoms with E-state index in [-0.39, 0.29) is 6.10 Å². The van der Waals surface area contributed by atoms with Crippen LogP contribution in [0.5, 0.6) is 0 Å². The normalized spacial score (nSPS) is 41.4. The Morgan fingerprint density at radius 3 is 2.21 bits per heavy atom. The Balaban J connectivity index is 1.60. The molecule has 4 bridgehead atoms. The number of pyridine rings is 1. The molecule has 1 aromatic rings. The van der Waals surface area contributed by atoms with Gasteiger partial charge >= 0.3 is 0 Å². The number of aliphatic hydroxyl groups excluding tert-OH is 1. The Bertz CT molecular complexity index is 442. The van der Waals surface area contributed by atoms with Gasteiger partial charge in [-0.1, -0.05) is 6.07 Å². The summed E-state index contributed by atoms with van der Waals surface area (Å²) in [5.41, 5.74) is 6.58. The van der Waals surface area contributed by atoms with E-state index in [9.17, 15) is 5.11 Å². The van der Waals surface area contributed by atoms with Crippen LogP contribution in [-0.4, -0.2) is 10.1 Å². The van der Waals surface area contributed by atoms with Crippen LogP contribution in [-0.2, 0) is 0 Å². The second kappa shape index (κ2) is 4.20. The third kappa shape index (κ3) is 1.86. The van der Waals surface area contributed by atoms with Crippen LogP contribution < -0.4 is 5.73 Å². The van der Waals surface area contributed by atoms with E-state index in [1.165, 1.54) is 32.1 Å². The molecule has 4 saturated carbocycles. The number of hydrogen-bond acceptors (Lipinski definition) is 3. The van der Waals surface area contributed by atoms with Gasteiger partial charge in [-0.15, -0.1) is 0 Å². The summed E-state index contributed by atoms with van der Waals surface area (Å²) < 4.78 is 0. The molecule has 0 amide bonds. The molecule has 102 valence electrons. The molecule has 4 aliphatic rings. The van der Waals surface area contributed by atoms with Crippen molar-refractivity contribution in [1.29, 1.82) is 0 Å². The van der Waals surface area contributed by atoms with Crippen LogP contribution >= 0.6 is 0 Å². The quantitative estimate of drug-likeness (QED) is 0.857. The highest BCUT2D eigenvalue weighted by Gasteiger charge is 2.50. The Morgan fingerprint density at radius 2 is 1.68 bits per heavy atom. The second-order valence-corrected chi connectivity index (χ2v) is 6.97. The van der Waals surface area contributed by atoms with E-state index in [4.69, 9.17) is 5.73 Å². The molecule has 0 aromatic carbocycles. The van der Waals surface area contributed by atoms with Crippen LogP contribution in [0.15, 0.2) is 18.3 Å². The Morgan fingerprint density at radius 1 is 1.05 bits per heavy atom. The fourth-order valence-electron chi connectivity index (χ4n) is 5.30. The highest BCUT2D eigenvalue weighted by atomic mass is 16.3. The molecule has 1 atom stereocenters. The van der Waals surface area contributed by atoms with Gasteiger partial charge in [0.15, 0.2) is 0 Å². The van der Waals surface area contributed by atoms with E-state index in [2.05, 4.69) is 4.98 Å². The summed E-state index contributed by atoms with van der Waals surface area (Å²) in [4.78, 5) is 4.13. The molecule has 4 fully saturated rings. The van der Waals surface area contributed by atoms with Crippen molar-refractivity contribution in [2.45, 2.75) is 38.2 Å². The molecule has 1 aromatic heterocycles. The third-order valence-electron chi connectivity index (χ3n) is 5.81. The van der Waals surface area contributed by atoms with Gasteiger partial charge in [0.25, 0.3) is 0 Å². The number of hydrogen-bond donors (Lipinski definition) is 2. The van der Waals surface area contributed by atoms with Crippen LogP contribution in [0.4, 0.5) is 5.82 Å². The van der Waals surface area contributed by atoms with Crippen LogP contribution in [0.2, 0.25) is 0 Å². The van der Waals surface area contributed by atoms with Gasteiger partial charge in [-0.3, -0.25) is 0 Å². The topological polar surface area (TPSA) is 59.1 Å². The average molecular weight is 258 g/mol. The average Bonchev–Trinajstić information content (AvgIpc) is 2.38. The predicted octanol–water partition coefficient (Wildman–Crippen LogP) is 2.77. The minimum Gasteiger partial charge on any atom is -0.388 e. The van der Waals surface area contributed by atoms with Crippen molar-refractivity contribution in [2.24, 2.45) is 29.6 Å². The summed E-state index contributed by atoms with van der Waals surface area (Å²) in [7, 11) is 0. The summed E-state index contributed by atoms with van der Waals surface area (Å²) in [5, 5.41) is 10.8. The maximum Gasteiger partial charge on any atom is 0.123 e. The van der Waals surface area contributed by atoms with Crippen LogP contribution in [0, 0.1) is 29.6 Å². The van der Waals surface area contributed by atoms with E-state index in [1.807, 2.05) is 6.07 Å². The zero-order valence-corrected chi connectivity index (χ0v) is 11.2. The molecule has 3 N–H and O–H groups in total. The van der Waals surface area contributed by atoms with Gasteiger partial charge in [-0.25, -0.2) is 4.98 Å². The molecule has 0 saturated heterocycles. The first-order chi connectivity index (χ1) is 9.20. The van der Waals surface area contributed by atoms with Gasteiger partial charge in [0.2, 0.25) is 0 Å². The number of aliphatic hydroxyl groups is 1. The fraction of sp³-hybridized carbons (Fsp3) is 0.688. The Hall–Kier alpha value is -1.09. The molecular formula is C16H22N2O. The van der Waals surface area contributed by atoms with Gasteiger partial charge in [0, 0.05) is 6.20 Å². The first-order valence-electron chi connectivity index (χ1n) is 7.60. The molecule has 1 unspecified atom stereocenters. The molecular weight excluding hydrogens is 236 g/mol. The van der Waals surface area contributed by atoms with Crippen LogP contribution in [0.25, 0.3) is 0 Å². The zero-order valence-electron chi connectivity index (χ0n) is 11.2. The standard InChI is InChI=1S/C16H22N2O/c17-14-2-1-11(8-18-14)16(19)15-12-4-9-3-10(6-12)7-13(15)5-9/h1-2,8-10,12-13,15-16,19H,3-7H2,(H2,17,18). The summed E-state index contributed by atoms with van der Waals surface area (Å²) in [6.45, 7) is 0. The minimum atomic E-state index is -0.344. The molecule has 19 heavy (non-hydrogen) atoms. The van der Waals surface area contributed by atoms with Crippen molar-refractivity contribution in [3.63, 3.8) is 0 Å². The van der Waals surface area contributed by atoms with Crippen molar-refractivity contribution >= 4 is 5.82 Å². The monoisotopic (exact) mass is 258 g/mol. The first-order valence-corrected chi connectivity index (χ1v) is 7.60. The molecule has 3 heteroatoms. The van der Waals surface area contributed by atoms with E-state index < -0.39 is 0 Å². The number of anilines is 1. The summed E-state index contributed by atoms with van der Waals surface area (Å²) in [6.07, 6.45) is 8.25. The summed E-state index contributed by atoms with van der Waals surface area (Å²) >= 11 is 0. The second-order valence-electron chi connectivity index (χ2n) is 6.97. The zero-order chi connectivity index (χ0) is 13.0. The molecule has 3 nitrogen and oxygen atoms in total. The van der Waals surface area contributed by atoms with Gasteiger partial charge < -0.3 is 10.8 Å². The number of nitrogens with zero attached hydrogens (tertiary/aromatic N) is 1. The van der Waals surface area contributed by atoms with Crippen LogP contribution in [0.1, 0.15) is 43.8 Å². The lowest BCUT2D eigenvalue weighted by molar-refractivity contribution is -0.0908. The van der Waals surface area contributed by atoms with E-state index >= 15 is 0 Å². The summed E-state index contributed by atoms with van der Waals surface area (Å²) in [6, 6.07) is 3.74. The number of nitrogens with two attached hydrogens (primary N) is 1. The van der Waals surface area contributed by atoms with Crippen molar-refractivity contribution < 1.29 is 5.11 Å². The third-order valence-corrected chi connectivity index (χ3v) is 5.81. The molecule has 5 rings (SSSR count). The number of aromatic nitrogens is 1. The van der Waals surface area contributed by atoms with Crippen molar-refractivity contribution in [3.05, 3.63) is 23.9 Å². The molecule has 1 heterocycles. The number of nitrogen functional groups attached to an aromatic ring is 1. The predicted molar refractivity (Wildman–Crippen MR) is 74.1 cm³/mol. The molecule has 4 aliphatic carbocycles. The highest BCUT2D eigenvalue weighted by molar-refractivity contribution is 5.30. The SMILES string of the molecule is Nc1ccc(C(O)C2C3CC4CC(C3)CC2C4)cn1. The van der Waals surface area contributed by atoms with Crippen LogP contribution in [0.3, 0.4) is 0 Å². The van der Waals surface area contributed by atoms with E-state index in [0.29, 0.717) is 11.7 Å². The molecule has 0 aliphatic heterocycles. The maximum absolute atomic E-state index is 10.8. The Kier molecular flexibility index (Phi) is 2.59. The van der Waals surface area contributed by atoms with Gasteiger partial charge in [-0.05, 0) is 73.3 Å². The van der Waals surface area contributed by atoms with Crippen molar-refractivity contribution in [3.8, 4) is 0 Å². The lowest BCUT2D eigenvalue weighted by atomic mass is 9.50.